The largest absolute Gasteiger partial charge is 0.307 e. The first kappa shape index (κ1) is 11.1. The molecule has 0 aromatic heterocycles. The van der Waals surface area contributed by atoms with Crippen LogP contribution in [0.3, 0.4) is 0 Å². The van der Waals surface area contributed by atoms with Crippen LogP contribution >= 0.6 is 0 Å². The molecular weight excluding hydrogens is 219 g/mol. The van der Waals surface area contributed by atoms with Gasteiger partial charge in [0.05, 0.1) is 11.6 Å². The number of ketones is 1. The Morgan fingerprint density at radius 2 is 1.88 bits per heavy atom. The van der Waals surface area contributed by atoms with E-state index in [1.165, 1.54) is 0 Å². The molecule has 5 heteroatoms. The van der Waals surface area contributed by atoms with Crippen molar-refractivity contribution >= 4 is 5.78 Å². The second-order valence-corrected chi connectivity index (χ2v) is 3.76. The number of carbonyl (C=O) groups is 1. The summed E-state index contributed by atoms with van der Waals surface area (Å²) >= 11 is 0. The van der Waals surface area contributed by atoms with Crippen LogP contribution in [0.15, 0.2) is 12.1 Å². The van der Waals surface area contributed by atoms with Crippen molar-refractivity contribution in [3.63, 3.8) is 0 Å². The third kappa shape index (κ3) is 1.95. The molecule has 0 aliphatic carbocycles. The minimum absolute atomic E-state index is 0.390. The number of hydrogen-bond acceptors (Lipinski definition) is 2. The molecule has 2 rings (SSSR count). The van der Waals surface area contributed by atoms with Gasteiger partial charge in [0.15, 0.2) is 17.4 Å². The maximum absolute atomic E-state index is 13.3. The van der Waals surface area contributed by atoms with Gasteiger partial charge in [0.2, 0.25) is 0 Å². The molecule has 1 atom stereocenters. The summed E-state index contributed by atoms with van der Waals surface area (Å²) in [5.74, 6) is -4.03. The van der Waals surface area contributed by atoms with E-state index in [0.29, 0.717) is 25.1 Å². The highest BCUT2D eigenvalue weighted by atomic mass is 19.2. The van der Waals surface area contributed by atoms with Crippen LogP contribution in [-0.4, -0.2) is 18.4 Å². The standard InChI is InChI=1S/C11H10F3NO/c12-7-5-9(14)8(13)4-6(7)11(16)10-2-1-3-15-10/h4-5,10,15H,1-3H2. The number of rotatable bonds is 2. The molecule has 0 saturated carbocycles. The van der Waals surface area contributed by atoms with E-state index >= 15 is 0 Å². The molecule has 0 bridgehead atoms. The van der Waals surface area contributed by atoms with Gasteiger partial charge in [0.1, 0.15) is 5.82 Å². The maximum Gasteiger partial charge on any atom is 0.182 e. The molecule has 1 aromatic carbocycles. The molecule has 86 valence electrons. The van der Waals surface area contributed by atoms with E-state index < -0.39 is 34.8 Å². The van der Waals surface area contributed by atoms with Gasteiger partial charge < -0.3 is 5.32 Å². The quantitative estimate of drug-likeness (QED) is 0.621. The molecule has 16 heavy (non-hydrogen) atoms. The van der Waals surface area contributed by atoms with Crippen molar-refractivity contribution < 1.29 is 18.0 Å². The summed E-state index contributed by atoms with van der Waals surface area (Å²) in [6.45, 7) is 0.682. The van der Waals surface area contributed by atoms with Gasteiger partial charge in [-0.2, -0.15) is 0 Å². The van der Waals surface area contributed by atoms with Crippen molar-refractivity contribution in [2.24, 2.45) is 0 Å². The molecule has 1 fully saturated rings. The van der Waals surface area contributed by atoms with E-state index in [4.69, 9.17) is 0 Å². The third-order valence-electron chi connectivity index (χ3n) is 2.65. The molecule has 0 amide bonds. The maximum atomic E-state index is 13.3. The number of Topliss-reactive ketones (excluding diaryl/α,β-unsaturated/α-hetero) is 1. The van der Waals surface area contributed by atoms with E-state index in [1.54, 1.807) is 0 Å². The fourth-order valence-electron chi connectivity index (χ4n) is 1.81. The number of nitrogens with one attached hydrogen (secondary N) is 1. The summed E-state index contributed by atoms with van der Waals surface area (Å²) in [5.41, 5.74) is -0.390. The summed E-state index contributed by atoms with van der Waals surface area (Å²) in [6.07, 6.45) is 1.42. The molecule has 1 saturated heterocycles. The van der Waals surface area contributed by atoms with Crippen molar-refractivity contribution in [1.29, 1.82) is 0 Å². The molecule has 1 heterocycles. The van der Waals surface area contributed by atoms with E-state index in [1.807, 2.05) is 0 Å². The van der Waals surface area contributed by atoms with Gasteiger partial charge in [-0.1, -0.05) is 0 Å². The Balaban J connectivity index is 2.32. The Bertz CT molecular complexity index is 427. The fraction of sp³-hybridized carbons (Fsp3) is 0.364. The first-order valence-corrected chi connectivity index (χ1v) is 5.01. The first-order valence-electron chi connectivity index (χ1n) is 5.01. The highest BCUT2D eigenvalue weighted by Gasteiger charge is 2.26. The van der Waals surface area contributed by atoms with E-state index in [9.17, 15) is 18.0 Å². The van der Waals surface area contributed by atoms with Crippen molar-refractivity contribution in [2.45, 2.75) is 18.9 Å². The molecule has 2 nitrogen and oxygen atoms in total. The van der Waals surface area contributed by atoms with Crippen LogP contribution in [0.5, 0.6) is 0 Å². The minimum Gasteiger partial charge on any atom is -0.307 e. The third-order valence-corrected chi connectivity index (χ3v) is 2.65. The summed E-state index contributed by atoms with van der Waals surface area (Å²) in [7, 11) is 0. The van der Waals surface area contributed by atoms with Crippen molar-refractivity contribution in [2.75, 3.05) is 6.54 Å². The van der Waals surface area contributed by atoms with Crippen LogP contribution in [0.2, 0.25) is 0 Å². The Kier molecular flexibility index (Phi) is 2.96. The zero-order valence-electron chi connectivity index (χ0n) is 8.40. The zero-order chi connectivity index (χ0) is 11.7. The van der Waals surface area contributed by atoms with Crippen molar-refractivity contribution in [3.8, 4) is 0 Å². The SMILES string of the molecule is O=C(c1cc(F)c(F)cc1F)C1CCCN1. The Morgan fingerprint density at radius 1 is 1.19 bits per heavy atom. The molecule has 1 aromatic rings. The Morgan fingerprint density at radius 3 is 2.50 bits per heavy atom. The Labute approximate surface area is 90.5 Å². The van der Waals surface area contributed by atoms with E-state index in [2.05, 4.69) is 5.32 Å². The van der Waals surface area contributed by atoms with Crippen LogP contribution in [0, 0.1) is 17.5 Å². The monoisotopic (exact) mass is 229 g/mol. The second kappa shape index (κ2) is 4.25. The van der Waals surface area contributed by atoms with Crippen LogP contribution in [0.25, 0.3) is 0 Å². The lowest BCUT2D eigenvalue weighted by Gasteiger charge is -2.09. The van der Waals surface area contributed by atoms with Gasteiger partial charge in [0, 0.05) is 6.07 Å². The highest BCUT2D eigenvalue weighted by Crippen LogP contribution is 2.18. The second-order valence-electron chi connectivity index (χ2n) is 3.76. The lowest BCUT2D eigenvalue weighted by molar-refractivity contribution is 0.0947. The average molecular weight is 229 g/mol. The first-order chi connectivity index (χ1) is 7.59. The topological polar surface area (TPSA) is 29.1 Å². The molecule has 1 N–H and O–H groups in total. The van der Waals surface area contributed by atoms with E-state index in [0.717, 1.165) is 6.42 Å². The molecular formula is C11H10F3NO. The number of halogens is 3. The van der Waals surface area contributed by atoms with Gasteiger partial charge in [-0.25, -0.2) is 13.2 Å². The lowest BCUT2D eigenvalue weighted by atomic mass is 10.0. The minimum atomic E-state index is -1.28. The fourth-order valence-corrected chi connectivity index (χ4v) is 1.81. The number of hydrogen-bond donors (Lipinski definition) is 1. The highest BCUT2D eigenvalue weighted by molar-refractivity contribution is 6.00. The number of benzene rings is 1. The van der Waals surface area contributed by atoms with Crippen LogP contribution < -0.4 is 5.32 Å². The molecule has 1 aliphatic rings. The smallest absolute Gasteiger partial charge is 0.182 e. The average Bonchev–Trinajstić information content (AvgIpc) is 2.75. The van der Waals surface area contributed by atoms with E-state index in [-0.39, 0.29) is 0 Å². The summed E-state index contributed by atoms with van der Waals surface area (Å²) in [6, 6.07) is 0.532. The van der Waals surface area contributed by atoms with Gasteiger partial charge in [-0.15, -0.1) is 0 Å². The van der Waals surface area contributed by atoms with Crippen LogP contribution in [-0.2, 0) is 0 Å². The summed E-state index contributed by atoms with van der Waals surface area (Å²) in [4.78, 5) is 11.7. The summed E-state index contributed by atoms with van der Waals surface area (Å²) in [5, 5.41) is 2.88. The normalized spacial score (nSPS) is 20.1. The van der Waals surface area contributed by atoms with Gasteiger partial charge in [-0.05, 0) is 25.5 Å². The van der Waals surface area contributed by atoms with Gasteiger partial charge in [0.25, 0.3) is 0 Å². The Hall–Kier alpha value is -1.36. The van der Waals surface area contributed by atoms with Gasteiger partial charge >= 0.3 is 0 Å². The summed E-state index contributed by atoms with van der Waals surface area (Å²) < 4.78 is 38.8. The number of carbonyl (C=O) groups excluding carboxylic acids is 1. The lowest BCUT2D eigenvalue weighted by Crippen LogP contribution is -2.31. The molecule has 0 spiro atoms. The van der Waals surface area contributed by atoms with Gasteiger partial charge in [-0.3, -0.25) is 4.79 Å². The predicted octanol–water partition coefficient (Wildman–Crippen LogP) is 2.04. The van der Waals surface area contributed by atoms with Crippen molar-refractivity contribution in [3.05, 3.63) is 35.1 Å². The molecule has 0 radical (unpaired) electrons. The zero-order valence-corrected chi connectivity index (χ0v) is 8.40. The molecule has 1 unspecified atom stereocenters. The van der Waals surface area contributed by atoms with Crippen LogP contribution in [0.4, 0.5) is 13.2 Å². The van der Waals surface area contributed by atoms with Crippen molar-refractivity contribution in [1.82, 2.24) is 5.32 Å². The van der Waals surface area contributed by atoms with Crippen LogP contribution in [0.1, 0.15) is 23.2 Å². The predicted molar refractivity (Wildman–Crippen MR) is 51.7 cm³/mol. The molecule has 1 aliphatic heterocycles.